The first-order valence-corrected chi connectivity index (χ1v) is 8.61. The van der Waals surface area contributed by atoms with E-state index in [4.69, 9.17) is 0 Å². The van der Waals surface area contributed by atoms with Gasteiger partial charge in [0.1, 0.15) is 0 Å². The lowest BCUT2D eigenvalue weighted by molar-refractivity contribution is -0.113. The van der Waals surface area contributed by atoms with Crippen molar-refractivity contribution in [1.29, 1.82) is 0 Å². The first kappa shape index (κ1) is 16.5. The van der Waals surface area contributed by atoms with Crippen LogP contribution >= 0.6 is 0 Å². The minimum absolute atomic E-state index is 0.0805. The van der Waals surface area contributed by atoms with Crippen molar-refractivity contribution in [3.8, 4) is 0 Å². The second-order valence-corrected chi connectivity index (χ2v) is 7.64. The van der Waals surface area contributed by atoms with Crippen LogP contribution in [0.3, 0.4) is 0 Å². The van der Waals surface area contributed by atoms with Gasteiger partial charge in [-0.05, 0) is 61.3 Å². The summed E-state index contributed by atoms with van der Waals surface area (Å²) >= 11 is 0. The lowest BCUT2D eigenvalue weighted by atomic mass is 9.65. The predicted octanol–water partition coefficient (Wildman–Crippen LogP) is 5.29. The van der Waals surface area contributed by atoms with Crippen LogP contribution in [0.25, 0.3) is 0 Å². The molecule has 0 heterocycles. The van der Waals surface area contributed by atoms with Gasteiger partial charge in [0.05, 0.1) is 5.60 Å². The summed E-state index contributed by atoms with van der Waals surface area (Å²) in [5, 5.41) is 11.9. The Hall–Kier alpha value is -0.820. The summed E-state index contributed by atoms with van der Waals surface area (Å²) in [5.41, 5.74) is 4.46. The molecule has 0 radical (unpaired) electrons. The Kier molecular flexibility index (Phi) is 4.54. The minimum Gasteiger partial charge on any atom is -0.384 e. The maximum atomic E-state index is 11.9. The average Bonchev–Trinajstić information content (AvgIpc) is 2.62. The molecule has 21 heavy (non-hydrogen) atoms. The van der Waals surface area contributed by atoms with Crippen LogP contribution in [0.2, 0.25) is 0 Å². The van der Waals surface area contributed by atoms with Crippen molar-refractivity contribution in [3.05, 3.63) is 34.4 Å². The largest absolute Gasteiger partial charge is 0.384 e. The standard InChI is InChI=1S/C20H32O/c1-7-9-17(10-8-2)20(21)18-15(4)14(3)11-12-16(18)13-19(20,5)6/h11-12,17,21H,7-10,13H2,1-6H3. The van der Waals surface area contributed by atoms with E-state index in [0.717, 1.165) is 32.1 Å². The summed E-state index contributed by atoms with van der Waals surface area (Å²) in [5.74, 6) is 0.365. The van der Waals surface area contributed by atoms with Gasteiger partial charge >= 0.3 is 0 Å². The molecule has 1 heteroatoms. The van der Waals surface area contributed by atoms with Crippen molar-refractivity contribution in [3.63, 3.8) is 0 Å². The second-order valence-electron chi connectivity index (χ2n) is 7.64. The van der Waals surface area contributed by atoms with Gasteiger partial charge in [-0.2, -0.15) is 0 Å². The smallest absolute Gasteiger partial charge is 0.0983 e. The molecule has 0 saturated carbocycles. The van der Waals surface area contributed by atoms with Gasteiger partial charge in [-0.25, -0.2) is 0 Å². The fourth-order valence-electron chi connectivity index (χ4n) is 4.51. The van der Waals surface area contributed by atoms with Crippen LogP contribution in [0.5, 0.6) is 0 Å². The molecule has 0 bridgehead atoms. The van der Waals surface area contributed by atoms with Gasteiger partial charge in [-0.15, -0.1) is 0 Å². The molecule has 1 aromatic rings. The molecule has 1 aromatic carbocycles. The molecule has 0 fully saturated rings. The van der Waals surface area contributed by atoms with Crippen LogP contribution in [-0.4, -0.2) is 5.11 Å². The minimum atomic E-state index is -0.676. The van der Waals surface area contributed by atoms with Crippen LogP contribution in [0.4, 0.5) is 0 Å². The third-order valence-electron chi connectivity index (χ3n) is 5.73. The van der Waals surface area contributed by atoms with E-state index in [1.807, 2.05) is 0 Å². The number of hydrogen-bond acceptors (Lipinski definition) is 1. The summed E-state index contributed by atoms with van der Waals surface area (Å²) in [6, 6.07) is 4.46. The molecule has 1 aliphatic rings. The highest BCUT2D eigenvalue weighted by Gasteiger charge is 2.55. The Morgan fingerprint density at radius 2 is 1.67 bits per heavy atom. The number of fused-ring (bicyclic) bond motifs is 1. The van der Waals surface area contributed by atoms with Crippen LogP contribution < -0.4 is 0 Å². The zero-order valence-electron chi connectivity index (χ0n) is 14.7. The number of aryl methyl sites for hydroxylation is 1. The molecule has 0 aromatic heterocycles. The number of hydrogen-bond donors (Lipinski definition) is 1. The molecule has 1 aliphatic carbocycles. The van der Waals surface area contributed by atoms with Crippen LogP contribution in [-0.2, 0) is 12.0 Å². The lowest BCUT2D eigenvalue weighted by Gasteiger charge is -2.44. The Labute approximate surface area is 130 Å². The van der Waals surface area contributed by atoms with Gasteiger partial charge in [-0.3, -0.25) is 0 Å². The van der Waals surface area contributed by atoms with E-state index in [9.17, 15) is 5.11 Å². The molecule has 2 rings (SSSR count). The molecule has 0 aliphatic heterocycles. The molecular formula is C20H32O. The first-order valence-electron chi connectivity index (χ1n) is 8.61. The molecule has 1 nitrogen and oxygen atoms in total. The molecular weight excluding hydrogens is 256 g/mol. The van der Waals surface area contributed by atoms with E-state index in [1.165, 1.54) is 22.3 Å². The van der Waals surface area contributed by atoms with Gasteiger partial charge in [0.2, 0.25) is 0 Å². The van der Waals surface area contributed by atoms with Crippen LogP contribution in [0, 0.1) is 25.2 Å². The zero-order chi connectivity index (χ0) is 15.8. The highest BCUT2D eigenvalue weighted by Crippen LogP contribution is 2.57. The quantitative estimate of drug-likeness (QED) is 0.780. The Balaban J connectivity index is 2.62. The summed E-state index contributed by atoms with van der Waals surface area (Å²) < 4.78 is 0. The van der Waals surface area contributed by atoms with Crippen molar-refractivity contribution in [2.75, 3.05) is 0 Å². The zero-order valence-corrected chi connectivity index (χ0v) is 14.7. The molecule has 0 amide bonds. The maximum Gasteiger partial charge on any atom is 0.0983 e. The molecule has 0 saturated heterocycles. The monoisotopic (exact) mass is 288 g/mol. The van der Waals surface area contributed by atoms with E-state index < -0.39 is 5.60 Å². The molecule has 118 valence electrons. The molecule has 1 atom stereocenters. The SMILES string of the molecule is CCCC(CCC)C1(O)c2c(ccc(C)c2C)CC1(C)C. The molecule has 1 unspecified atom stereocenters. The third-order valence-corrected chi connectivity index (χ3v) is 5.73. The predicted molar refractivity (Wildman–Crippen MR) is 90.6 cm³/mol. The van der Waals surface area contributed by atoms with Crippen molar-refractivity contribution >= 4 is 0 Å². The Morgan fingerprint density at radius 1 is 1.10 bits per heavy atom. The fraction of sp³-hybridized carbons (Fsp3) is 0.700. The van der Waals surface area contributed by atoms with Gasteiger partial charge in [-0.1, -0.05) is 52.7 Å². The third kappa shape index (κ3) is 2.44. The fourth-order valence-corrected chi connectivity index (χ4v) is 4.51. The van der Waals surface area contributed by atoms with Crippen molar-refractivity contribution in [1.82, 2.24) is 0 Å². The van der Waals surface area contributed by atoms with Gasteiger partial charge in [0.15, 0.2) is 0 Å². The van der Waals surface area contributed by atoms with Gasteiger partial charge < -0.3 is 5.11 Å². The number of aliphatic hydroxyl groups is 1. The number of rotatable bonds is 5. The van der Waals surface area contributed by atoms with E-state index in [0.29, 0.717) is 5.92 Å². The van der Waals surface area contributed by atoms with Crippen molar-refractivity contribution in [2.45, 2.75) is 79.2 Å². The normalized spacial score (nSPS) is 23.6. The Bertz CT molecular complexity index is 509. The summed E-state index contributed by atoms with van der Waals surface area (Å²) in [6.45, 7) is 13.3. The topological polar surface area (TPSA) is 20.2 Å². The van der Waals surface area contributed by atoms with E-state index in [1.54, 1.807) is 0 Å². The van der Waals surface area contributed by atoms with E-state index in [2.05, 4.69) is 53.7 Å². The first-order chi connectivity index (χ1) is 9.79. The molecule has 1 N–H and O–H groups in total. The molecule has 0 spiro atoms. The average molecular weight is 288 g/mol. The highest BCUT2D eigenvalue weighted by atomic mass is 16.3. The van der Waals surface area contributed by atoms with Gasteiger partial charge in [0, 0.05) is 5.41 Å². The summed E-state index contributed by atoms with van der Waals surface area (Å²) in [4.78, 5) is 0. The van der Waals surface area contributed by atoms with Gasteiger partial charge in [0.25, 0.3) is 0 Å². The lowest BCUT2D eigenvalue weighted by Crippen LogP contribution is -2.45. The van der Waals surface area contributed by atoms with E-state index >= 15 is 0 Å². The van der Waals surface area contributed by atoms with Crippen molar-refractivity contribution in [2.24, 2.45) is 11.3 Å². The Morgan fingerprint density at radius 3 is 2.19 bits per heavy atom. The maximum absolute atomic E-state index is 11.9. The summed E-state index contributed by atoms with van der Waals surface area (Å²) in [7, 11) is 0. The van der Waals surface area contributed by atoms with Crippen LogP contribution in [0.15, 0.2) is 12.1 Å². The van der Waals surface area contributed by atoms with Crippen LogP contribution in [0.1, 0.15) is 75.6 Å². The number of benzene rings is 1. The van der Waals surface area contributed by atoms with Crippen molar-refractivity contribution < 1.29 is 5.11 Å². The second kappa shape index (κ2) is 5.76. The van der Waals surface area contributed by atoms with E-state index in [-0.39, 0.29) is 5.41 Å². The summed E-state index contributed by atoms with van der Waals surface area (Å²) in [6.07, 6.45) is 5.50. The highest BCUT2D eigenvalue weighted by molar-refractivity contribution is 5.49.